The van der Waals surface area contributed by atoms with Gasteiger partial charge >= 0.3 is 6.47 Å². The van der Waals surface area contributed by atoms with Gasteiger partial charge in [-0.15, -0.1) is 0 Å². The molecule has 0 N–H and O–H groups in total. The SMILES string of the molecule is CCCSO[C]=O. The molecule has 0 saturated carbocycles. The minimum Gasteiger partial charge on any atom is -0.383 e. The highest BCUT2D eigenvalue weighted by molar-refractivity contribution is 7.94. The summed E-state index contributed by atoms with van der Waals surface area (Å²) in [5, 5.41) is 0. The first-order valence-corrected chi connectivity index (χ1v) is 2.98. The third-order valence-corrected chi connectivity index (χ3v) is 1.14. The zero-order chi connectivity index (χ0) is 5.54. The fraction of sp³-hybridized carbons (Fsp3) is 0.750. The van der Waals surface area contributed by atoms with Crippen LogP contribution in [0.4, 0.5) is 0 Å². The van der Waals surface area contributed by atoms with Gasteiger partial charge in [-0.25, -0.2) is 4.79 Å². The summed E-state index contributed by atoms with van der Waals surface area (Å²) in [6.07, 6.45) is 1.02. The lowest BCUT2D eigenvalue weighted by Gasteiger charge is -1.86. The molecule has 3 heteroatoms. The number of carbonyl (C=O) groups excluding carboxylic acids is 1. The van der Waals surface area contributed by atoms with Crippen molar-refractivity contribution in [3.05, 3.63) is 0 Å². The zero-order valence-corrected chi connectivity index (χ0v) is 4.96. The van der Waals surface area contributed by atoms with Crippen molar-refractivity contribution in [2.45, 2.75) is 13.3 Å². The largest absolute Gasteiger partial charge is 0.430 e. The second-order valence-electron chi connectivity index (χ2n) is 0.989. The van der Waals surface area contributed by atoms with Gasteiger partial charge in [0, 0.05) is 5.75 Å². The van der Waals surface area contributed by atoms with E-state index in [4.69, 9.17) is 0 Å². The molecule has 0 saturated heterocycles. The molecule has 0 bridgehead atoms. The molecular formula is C4H7O2S. The average molecular weight is 119 g/mol. The predicted octanol–water partition coefficient (Wildman–Crippen LogP) is 1.13. The van der Waals surface area contributed by atoms with Crippen LogP contribution in [0, 0.1) is 0 Å². The van der Waals surface area contributed by atoms with Gasteiger partial charge in [0.15, 0.2) is 0 Å². The summed E-state index contributed by atoms with van der Waals surface area (Å²) in [4.78, 5) is 9.31. The lowest BCUT2D eigenvalue weighted by atomic mass is 10.6. The summed E-state index contributed by atoms with van der Waals surface area (Å²) in [5.41, 5.74) is 0. The van der Waals surface area contributed by atoms with E-state index in [0.29, 0.717) is 0 Å². The van der Waals surface area contributed by atoms with Crippen molar-refractivity contribution in [2.24, 2.45) is 0 Å². The maximum absolute atomic E-state index is 9.31. The highest BCUT2D eigenvalue weighted by Gasteiger charge is 1.81. The summed E-state index contributed by atoms with van der Waals surface area (Å²) in [6.45, 7) is 3.33. The van der Waals surface area contributed by atoms with E-state index in [2.05, 4.69) is 4.18 Å². The molecule has 7 heavy (non-hydrogen) atoms. The van der Waals surface area contributed by atoms with Crippen LogP contribution in [-0.4, -0.2) is 12.2 Å². The van der Waals surface area contributed by atoms with Gasteiger partial charge < -0.3 is 4.18 Å². The summed E-state index contributed by atoms with van der Waals surface area (Å²) < 4.78 is 4.19. The first-order valence-electron chi connectivity index (χ1n) is 2.07. The standard InChI is InChI=1S/C4H7O2S/c1-2-3-7-6-4-5/h2-3H2,1H3. The first kappa shape index (κ1) is 6.82. The Kier molecular flexibility index (Phi) is 5.67. The first-order chi connectivity index (χ1) is 3.41. The normalized spacial score (nSPS) is 8.14. The Labute approximate surface area is 47.4 Å². The second-order valence-corrected chi connectivity index (χ2v) is 1.80. The van der Waals surface area contributed by atoms with Crippen LogP contribution in [0.25, 0.3) is 0 Å². The van der Waals surface area contributed by atoms with Gasteiger partial charge in [0.1, 0.15) is 0 Å². The van der Waals surface area contributed by atoms with Crippen molar-refractivity contribution < 1.29 is 8.98 Å². The van der Waals surface area contributed by atoms with Crippen LogP contribution in [0.15, 0.2) is 0 Å². The molecule has 0 heterocycles. The van der Waals surface area contributed by atoms with E-state index in [-0.39, 0.29) is 0 Å². The molecule has 0 aliphatic heterocycles. The summed E-state index contributed by atoms with van der Waals surface area (Å²) in [6, 6.07) is 0. The van der Waals surface area contributed by atoms with Crippen LogP contribution in [0.2, 0.25) is 0 Å². The molecule has 0 aliphatic rings. The third-order valence-electron chi connectivity index (χ3n) is 0.380. The van der Waals surface area contributed by atoms with Crippen molar-refractivity contribution in [3.63, 3.8) is 0 Å². The van der Waals surface area contributed by atoms with Gasteiger partial charge in [-0.3, -0.25) is 0 Å². The Morgan fingerprint density at radius 1 is 1.86 bits per heavy atom. The summed E-state index contributed by atoms with van der Waals surface area (Å²) in [7, 11) is 0. The van der Waals surface area contributed by atoms with E-state index in [1.54, 1.807) is 0 Å². The van der Waals surface area contributed by atoms with Crippen LogP contribution in [-0.2, 0) is 8.98 Å². The van der Waals surface area contributed by atoms with Gasteiger partial charge in [-0.2, -0.15) is 0 Å². The maximum Gasteiger partial charge on any atom is 0.430 e. The van der Waals surface area contributed by atoms with E-state index in [1.165, 1.54) is 6.47 Å². The fourth-order valence-corrected chi connectivity index (χ4v) is 0.447. The van der Waals surface area contributed by atoms with E-state index in [1.807, 2.05) is 6.92 Å². The van der Waals surface area contributed by atoms with Gasteiger partial charge in [0.05, 0.1) is 12.0 Å². The fourth-order valence-electron chi connectivity index (χ4n) is 0.149. The van der Waals surface area contributed by atoms with Crippen molar-refractivity contribution >= 4 is 18.5 Å². The Morgan fingerprint density at radius 3 is 3.00 bits per heavy atom. The summed E-state index contributed by atoms with van der Waals surface area (Å²) >= 11 is 1.13. The molecule has 0 amide bonds. The van der Waals surface area contributed by atoms with Crippen LogP contribution in [0.3, 0.4) is 0 Å². The highest BCUT2D eigenvalue weighted by Crippen LogP contribution is 1.99. The van der Waals surface area contributed by atoms with E-state index in [0.717, 1.165) is 24.2 Å². The van der Waals surface area contributed by atoms with E-state index >= 15 is 0 Å². The van der Waals surface area contributed by atoms with Gasteiger partial charge in [-0.1, -0.05) is 6.92 Å². The second kappa shape index (κ2) is 5.82. The minimum absolute atomic E-state index is 0.856. The molecule has 0 atom stereocenters. The monoisotopic (exact) mass is 119 g/mol. The van der Waals surface area contributed by atoms with Crippen LogP contribution < -0.4 is 0 Å². The molecule has 0 aromatic rings. The van der Waals surface area contributed by atoms with E-state index in [9.17, 15) is 4.79 Å². The van der Waals surface area contributed by atoms with Crippen molar-refractivity contribution in [2.75, 3.05) is 5.75 Å². The molecule has 0 aliphatic carbocycles. The van der Waals surface area contributed by atoms with Crippen molar-refractivity contribution in [1.29, 1.82) is 0 Å². The number of rotatable bonds is 4. The lowest BCUT2D eigenvalue weighted by Crippen LogP contribution is -1.76. The van der Waals surface area contributed by atoms with Crippen LogP contribution in [0.1, 0.15) is 13.3 Å². The molecular weight excluding hydrogens is 112 g/mol. The van der Waals surface area contributed by atoms with Crippen LogP contribution >= 0.6 is 12.0 Å². The Bertz CT molecular complexity index is 47.0. The molecule has 2 nitrogen and oxygen atoms in total. The maximum atomic E-state index is 9.31. The summed E-state index contributed by atoms with van der Waals surface area (Å²) in [5.74, 6) is 0.856. The molecule has 1 radical (unpaired) electrons. The molecule has 0 aromatic heterocycles. The smallest absolute Gasteiger partial charge is 0.383 e. The molecule has 0 rings (SSSR count). The molecule has 0 spiro atoms. The molecule has 0 unspecified atom stereocenters. The van der Waals surface area contributed by atoms with Crippen LogP contribution in [0.5, 0.6) is 0 Å². The Morgan fingerprint density at radius 2 is 2.57 bits per heavy atom. The minimum atomic E-state index is 0.856. The highest BCUT2D eigenvalue weighted by atomic mass is 32.2. The van der Waals surface area contributed by atoms with Crippen molar-refractivity contribution in [3.8, 4) is 0 Å². The third kappa shape index (κ3) is 5.82. The molecule has 41 valence electrons. The number of hydrogen-bond donors (Lipinski definition) is 0. The molecule has 0 fully saturated rings. The quantitative estimate of drug-likeness (QED) is 0.410. The predicted molar refractivity (Wildman–Crippen MR) is 29.5 cm³/mol. The molecule has 0 aromatic carbocycles. The van der Waals surface area contributed by atoms with Crippen molar-refractivity contribution in [1.82, 2.24) is 0 Å². The Hall–Kier alpha value is -0.180. The number of hydrogen-bond acceptors (Lipinski definition) is 3. The van der Waals surface area contributed by atoms with Gasteiger partial charge in [0.2, 0.25) is 0 Å². The van der Waals surface area contributed by atoms with Gasteiger partial charge in [-0.05, 0) is 6.42 Å². The average Bonchev–Trinajstić information content (AvgIpc) is 1.69. The lowest BCUT2D eigenvalue weighted by molar-refractivity contribution is 0.474. The van der Waals surface area contributed by atoms with E-state index < -0.39 is 0 Å². The Balaban J connectivity index is 2.56. The van der Waals surface area contributed by atoms with Gasteiger partial charge in [0.25, 0.3) is 0 Å². The zero-order valence-electron chi connectivity index (χ0n) is 4.14. The topological polar surface area (TPSA) is 26.3 Å².